The smallest absolute Gasteiger partial charge is 0.154 e. The van der Waals surface area contributed by atoms with E-state index in [1.54, 1.807) is 0 Å². The second kappa shape index (κ2) is 5.48. The van der Waals surface area contributed by atoms with Gasteiger partial charge in [0, 0.05) is 11.8 Å². The Labute approximate surface area is 123 Å². The minimum absolute atomic E-state index is 0.376. The first-order valence-corrected chi connectivity index (χ1v) is 7.95. The Morgan fingerprint density at radius 2 is 2.17 bits per heavy atom. The zero-order valence-corrected chi connectivity index (χ0v) is 13.2. The molecule has 0 aliphatic carbocycles. The second-order valence-corrected chi connectivity index (χ2v) is 7.43. The Bertz CT molecular complexity index is 426. The quantitative estimate of drug-likeness (QED) is 0.806. The number of nitrogens with zero attached hydrogens (tertiary/aromatic N) is 1. The minimum atomic E-state index is 0.376. The molecule has 0 amide bonds. The van der Waals surface area contributed by atoms with Crippen LogP contribution in [0.5, 0.6) is 0 Å². The van der Waals surface area contributed by atoms with Crippen molar-refractivity contribution in [2.75, 3.05) is 16.8 Å². The van der Waals surface area contributed by atoms with E-state index >= 15 is 0 Å². The summed E-state index contributed by atoms with van der Waals surface area (Å²) in [6, 6.07) is 2.29. The Morgan fingerprint density at radius 3 is 2.78 bits per heavy atom. The van der Waals surface area contributed by atoms with Gasteiger partial charge in [0.1, 0.15) is 5.15 Å². The van der Waals surface area contributed by atoms with E-state index < -0.39 is 0 Å². The van der Waals surface area contributed by atoms with Crippen molar-refractivity contribution < 1.29 is 0 Å². The molecule has 1 N–H and O–H groups in total. The fourth-order valence-corrected chi connectivity index (χ4v) is 4.19. The number of aromatic nitrogens is 1. The second-order valence-electron chi connectivity index (χ2n) is 5.65. The molecule has 1 unspecified atom stereocenters. The summed E-state index contributed by atoms with van der Waals surface area (Å²) in [4.78, 5) is 4.10. The van der Waals surface area contributed by atoms with Gasteiger partial charge in [0.05, 0.1) is 5.69 Å². The van der Waals surface area contributed by atoms with Crippen LogP contribution in [0.15, 0.2) is 6.07 Å². The van der Waals surface area contributed by atoms with Gasteiger partial charge in [-0.3, -0.25) is 0 Å². The van der Waals surface area contributed by atoms with E-state index in [1.165, 1.54) is 5.75 Å². The summed E-state index contributed by atoms with van der Waals surface area (Å²) in [7, 11) is 0. The number of hydrogen-bond donors (Lipinski definition) is 1. The Hall–Kier alpha value is -0.120. The van der Waals surface area contributed by atoms with E-state index in [2.05, 4.69) is 24.1 Å². The largest absolute Gasteiger partial charge is 0.379 e. The van der Waals surface area contributed by atoms with Crippen LogP contribution < -0.4 is 5.32 Å². The highest BCUT2D eigenvalue weighted by molar-refractivity contribution is 7.99. The van der Waals surface area contributed by atoms with Gasteiger partial charge >= 0.3 is 0 Å². The first-order chi connectivity index (χ1) is 8.37. The van der Waals surface area contributed by atoms with Crippen LogP contribution in [0.1, 0.15) is 25.8 Å². The lowest BCUT2D eigenvalue weighted by molar-refractivity contribution is 0.358. The Morgan fingerprint density at radius 1 is 1.44 bits per heavy atom. The lowest BCUT2D eigenvalue weighted by Crippen LogP contribution is -2.35. The standard InChI is InChI=1S/C13H18Cl2N2S/c1-8-4-10(14)17-12(15)11(8)16-9-5-13(2,3)7-18-6-9/h4,9,16H,5-7H2,1-3H3. The van der Waals surface area contributed by atoms with E-state index in [9.17, 15) is 0 Å². The van der Waals surface area contributed by atoms with Crippen LogP contribution in [0.25, 0.3) is 0 Å². The summed E-state index contributed by atoms with van der Waals surface area (Å²) in [5, 5.41) is 4.44. The van der Waals surface area contributed by atoms with Gasteiger partial charge in [0.2, 0.25) is 0 Å². The molecule has 0 saturated carbocycles. The first-order valence-electron chi connectivity index (χ1n) is 6.04. The molecule has 5 heteroatoms. The Kier molecular flexibility index (Phi) is 4.35. The van der Waals surface area contributed by atoms with Crippen LogP contribution >= 0.6 is 35.0 Å². The van der Waals surface area contributed by atoms with Crippen LogP contribution in [0.4, 0.5) is 5.69 Å². The highest BCUT2D eigenvalue weighted by Crippen LogP contribution is 2.36. The van der Waals surface area contributed by atoms with E-state index in [-0.39, 0.29) is 0 Å². The van der Waals surface area contributed by atoms with Gasteiger partial charge in [-0.25, -0.2) is 4.98 Å². The van der Waals surface area contributed by atoms with Crippen molar-refractivity contribution in [1.29, 1.82) is 0 Å². The number of pyridine rings is 1. The van der Waals surface area contributed by atoms with Crippen LogP contribution in [0.2, 0.25) is 10.3 Å². The predicted octanol–water partition coefficient (Wildman–Crippen LogP) is 4.64. The van der Waals surface area contributed by atoms with Crippen molar-refractivity contribution >= 4 is 40.7 Å². The molecule has 0 spiro atoms. The van der Waals surface area contributed by atoms with Gasteiger partial charge in [0.25, 0.3) is 0 Å². The van der Waals surface area contributed by atoms with Gasteiger partial charge < -0.3 is 5.32 Å². The highest BCUT2D eigenvalue weighted by atomic mass is 35.5. The van der Waals surface area contributed by atoms with E-state index in [1.807, 2.05) is 24.8 Å². The maximum absolute atomic E-state index is 6.16. The van der Waals surface area contributed by atoms with Gasteiger partial charge in [0.15, 0.2) is 5.15 Å². The van der Waals surface area contributed by atoms with E-state index in [0.29, 0.717) is 21.8 Å². The molecule has 1 aliphatic heterocycles. The van der Waals surface area contributed by atoms with E-state index in [0.717, 1.165) is 23.4 Å². The molecule has 2 nitrogen and oxygen atoms in total. The average Bonchev–Trinajstić information content (AvgIpc) is 2.22. The molecule has 1 fully saturated rings. The minimum Gasteiger partial charge on any atom is -0.379 e. The number of rotatable bonds is 2. The van der Waals surface area contributed by atoms with Gasteiger partial charge in [-0.15, -0.1) is 0 Å². The molecule has 18 heavy (non-hydrogen) atoms. The highest BCUT2D eigenvalue weighted by Gasteiger charge is 2.29. The van der Waals surface area contributed by atoms with Gasteiger partial charge in [-0.1, -0.05) is 37.0 Å². The molecule has 0 aromatic carbocycles. The predicted molar refractivity (Wildman–Crippen MR) is 82.1 cm³/mol. The summed E-state index contributed by atoms with van der Waals surface area (Å²) in [6.45, 7) is 6.62. The maximum Gasteiger partial charge on any atom is 0.154 e. The first kappa shape index (κ1) is 14.3. The molecular formula is C13H18Cl2N2S. The van der Waals surface area contributed by atoms with Crippen molar-refractivity contribution in [3.63, 3.8) is 0 Å². The monoisotopic (exact) mass is 304 g/mol. The molecule has 2 rings (SSSR count). The van der Waals surface area contributed by atoms with Crippen LogP contribution in [-0.2, 0) is 0 Å². The molecule has 1 aromatic heterocycles. The molecule has 0 radical (unpaired) electrons. The normalized spacial score (nSPS) is 22.8. The number of aryl methyl sites for hydroxylation is 1. The summed E-state index contributed by atoms with van der Waals surface area (Å²) in [5.74, 6) is 2.33. The third-order valence-corrected chi connectivity index (χ3v) is 5.19. The average molecular weight is 305 g/mol. The van der Waals surface area contributed by atoms with Crippen LogP contribution in [-0.4, -0.2) is 22.5 Å². The summed E-state index contributed by atoms with van der Waals surface area (Å²) in [5.41, 5.74) is 2.35. The van der Waals surface area contributed by atoms with E-state index in [4.69, 9.17) is 23.2 Å². The van der Waals surface area contributed by atoms with Crippen LogP contribution in [0, 0.1) is 12.3 Å². The summed E-state index contributed by atoms with van der Waals surface area (Å²) >= 11 is 14.0. The van der Waals surface area contributed by atoms with Crippen molar-refractivity contribution in [2.45, 2.75) is 33.2 Å². The maximum atomic E-state index is 6.16. The zero-order valence-electron chi connectivity index (χ0n) is 10.9. The fourth-order valence-electron chi connectivity index (χ4n) is 2.33. The third-order valence-electron chi connectivity index (χ3n) is 3.10. The molecule has 1 atom stereocenters. The summed E-state index contributed by atoms with van der Waals surface area (Å²) < 4.78 is 0. The fraction of sp³-hybridized carbons (Fsp3) is 0.615. The molecule has 1 saturated heterocycles. The Balaban J connectivity index is 2.14. The number of halogens is 2. The zero-order chi connectivity index (χ0) is 13.3. The van der Waals surface area contributed by atoms with Crippen molar-refractivity contribution in [3.8, 4) is 0 Å². The number of thioether (sulfide) groups is 1. The topological polar surface area (TPSA) is 24.9 Å². The SMILES string of the molecule is Cc1cc(Cl)nc(Cl)c1NC1CSCC(C)(C)C1. The molecule has 100 valence electrons. The van der Waals surface area contributed by atoms with Gasteiger partial charge in [-0.2, -0.15) is 11.8 Å². The lowest BCUT2D eigenvalue weighted by Gasteiger charge is -2.35. The number of anilines is 1. The van der Waals surface area contributed by atoms with Crippen LogP contribution in [0.3, 0.4) is 0 Å². The number of nitrogens with one attached hydrogen (secondary N) is 1. The molecule has 0 bridgehead atoms. The lowest BCUT2D eigenvalue weighted by atomic mass is 9.87. The van der Waals surface area contributed by atoms with Crippen molar-refractivity contribution in [2.24, 2.45) is 5.41 Å². The molecule has 2 heterocycles. The van der Waals surface area contributed by atoms with Crippen molar-refractivity contribution in [1.82, 2.24) is 4.98 Å². The number of hydrogen-bond acceptors (Lipinski definition) is 3. The third kappa shape index (κ3) is 3.46. The summed E-state index contributed by atoms with van der Waals surface area (Å²) in [6.07, 6.45) is 1.15. The molecule has 1 aliphatic rings. The molecular weight excluding hydrogens is 287 g/mol. The van der Waals surface area contributed by atoms with Crippen molar-refractivity contribution in [3.05, 3.63) is 21.9 Å². The van der Waals surface area contributed by atoms with Gasteiger partial charge in [-0.05, 0) is 36.1 Å². The molecule has 1 aromatic rings.